The molecule has 0 aliphatic carbocycles. The number of benzene rings is 1. The van der Waals surface area contributed by atoms with Gasteiger partial charge in [-0.05, 0) is 18.6 Å². The van der Waals surface area contributed by atoms with Crippen LogP contribution in [0.15, 0.2) is 24.3 Å². The smallest absolute Gasteiger partial charge is 0.123 e. The fourth-order valence-electron chi connectivity index (χ4n) is 1.25. The van der Waals surface area contributed by atoms with E-state index in [2.05, 4.69) is 13.0 Å². The highest BCUT2D eigenvalue weighted by molar-refractivity contribution is 5.37. The maximum absolute atomic E-state index is 5.40. The van der Waals surface area contributed by atoms with Crippen LogP contribution in [-0.4, -0.2) is 6.10 Å². The molecule has 1 heterocycles. The van der Waals surface area contributed by atoms with E-state index in [1.54, 1.807) is 0 Å². The Labute approximate surface area is 60.6 Å². The van der Waals surface area contributed by atoms with E-state index in [4.69, 9.17) is 4.74 Å². The average Bonchev–Trinajstić information content (AvgIpc) is 2.27. The van der Waals surface area contributed by atoms with Crippen LogP contribution in [0.3, 0.4) is 0 Å². The molecule has 1 aliphatic rings. The summed E-state index contributed by atoms with van der Waals surface area (Å²) in [6.07, 6.45) is 1.08. The number of rotatable bonds is 0. The van der Waals surface area contributed by atoms with E-state index >= 15 is 0 Å². The standard InChI is InChI=1S/C9H9O/c1-7-6-8-4-2-3-5-9(8)10-7/h2-5,7H,1,6H2/t7-/m0/s1. The third-order valence-corrected chi connectivity index (χ3v) is 1.71. The van der Waals surface area contributed by atoms with Gasteiger partial charge in [-0.2, -0.15) is 0 Å². The summed E-state index contributed by atoms with van der Waals surface area (Å²) in [7, 11) is 0. The monoisotopic (exact) mass is 133 g/mol. The third-order valence-electron chi connectivity index (χ3n) is 1.71. The second kappa shape index (κ2) is 2.01. The maximum atomic E-state index is 5.40. The Morgan fingerprint density at radius 1 is 1.40 bits per heavy atom. The van der Waals surface area contributed by atoms with Gasteiger partial charge in [0.1, 0.15) is 11.9 Å². The molecule has 51 valence electrons. The third kappa shape index (κ3) is 0.783. The van der Waals surface area contributed by atoms with Crippen molar-refractivity contribution < 1.29 is 4.74 Å². The molecule has 0 saturated carbocycles. The summed E-state index contributed by atoms with van der Waals surface area (Å²) >= 11 is 0. The highest BCUT2D eigenvalue weighted by atomic mass is 16.5. The molecule has 10 heavy (non-hydrogen) atoms. The number of fused-ring (bicyclic) bond motifs is 1. The lowest BCUT2D eigenvalue weighted by Crippen LogP contribution is -2.05. The van der Waals surface area contributed by atoms with E-state index in [0.29, 0.717) is 0 Å². The van der Waals surface area contributed by atoms with Crippen LogP contribution >= 0.6 is 0 Å². The van der Waals surface area contributed by atoms with Crippen molar-refractivity contribution in [2.24, 2.45) is 0 Å². The molecule has 1 atom stereocenters. The van der Waals surface area contributed by atoms with Crippen LogP contribution in [0.5, 0.6) is 5.75 Å². The molecule has 2 rings (SSSR count). The zero-order valence-electron chi connectivity index (χ0n) is 5.71. The summed E-state index contributed by atoms with van der Waals surface area (Å²) in [6.45, 7) is 3.83. The number of hydrogen-bond donors (Lipinski definition) is 0. The van der Waals surface area contributed by atoms with E-state index in [1.807, 2.05) is 18.2 Å². The van der Waals surface area contributed by atoms with Crippen molar-refractivity contribution in [1.82, 2.24) is 0 Å². The van der Waals surface area contributed by atoms with E-state index < -0.39 is 0 Å². The van der Waals surface area contributed by atoms with Gasteiger partial charge >= 0.3 is 0 Å². The van der Waals surface area contributed by atoms with Crippen molar-refractivity contribution >= 4 is 0 Å². The minimum atomic E-state index is 0.123. The predicted octanol–water partition coefficient (Wildman–Crippen LogP) is 1.82. The predicted molar refractivity (Wildman–Crippen MR) is 39.9 cm³/mol. The summed E-state index contributed by atoms with van der Waals surface area (Å²) < 4.78 is 5.40. The van der Waals surface area contributed by atoms with Gasteiger partial charge < -0.3 is 4.74 Å². The van der Waals surface area contributed by atoms with Gasteiger partial charge in [0, 0.05) is 6.42 Å². The fourth-order valence-corrected chi connectivity index (χ4v) is 1.25. The summed E-state index contributed by atoms with van der Waals surface area (Å²) in [6, 6.07) is 8.08. The summed E-state index contributed by atoms with van der Waals surface area (Å²) in [5.74, 6) is 1.00. The molecule has 1 heteroatoms. The van der Waals surface area contributed by atoms with Gasteiger partial charge in [-0.25, -0.2) is 0 Å². The zero-order valence-corrected chi connectivity index (χ0v) is 5.71. The number of para-hydroxylation sites is 1. The molecule has 1 radical (unpaired) electrons. The van der Waals surface area contributed by atoms with Crippen LogP contribution in [0.25, 0.3) is 0 Å². The Kier molecular flexibility index (Phi) is 1.16. The molecular formula is C9H9O. The first-order valence-corrected chi connectivity index (χ1v) is 3.44. The number of ether oxygens (including phenoxy) is 1. The SMILES string of the molecule is [CH2][C@H]1Cc2ccccc2O1. The van der Waals surface area contributed by atoms with Crippen LogP contribution in [-0.2, 0) is 6.42 Å². The molecule has 0 unspecified atom stereocenters. The average molecular weight is 133 g/mol. The first-order chi connectivity index (χ1) is 4.86. The van der Waals surface area contributed by atoms with Crippen LogP contribution < -0.4 is 4.74 Å². The highest BCUT2D eigenvalue weighted by Gasteiger charge is 2.16. The molecular weight excluding hydrogens is 124 g/mol. The van der Waals surface area contributed by atoms with Crippen molar-refractivity contribution in [2.75, 3.05) is 0 Å². The largest absolute Gasteiger partial charge is 0.490 e. The first kappa shape index (κ1) is 5.78. The molecule has 1 aromatic rings. The summed E-state index contributed by atoms with van der Waals surface area (Å²) in [5, 5.41) is 0. The molecule has 0 fully saturated rings. The Hall–Kier alpha value is -0.980. The molecule has 1 aliphatic heterocycles. The lowest BCUT2D eigenvalue weighted by atomic mass is 10.1. The molecule has 0 saturated heterocycles. The molecule has 1 nitrogen and oxygen atoms in total. The van der Waals surface area contributed by atoms with Crippen molar-refractivity contribution in [3.63, 3.8) is 0 Å². The van der Waals surface area contributed by atoms with E-state index in [-0.39, 0.29) is 6.10 Å². The highest BCUT2D eigenvalue weighted by Crippen LogP contribution is 2.27. The van der Waals surface area contributed by atoms with E-state index in [0.717, 1.165) is 12.2 Å². The molecule has 1 aromatic carbocycles. The van der Waals surface area contributed by atoms with Crippen LogP contribution in [0.1, 0.15) is 5.56 Å². The van der Waals surface area contributed by atoms with Crippen molar-refractivity contribution in [2.45, 2.75) is 12.5 Å². The lowest BCUT2D eigenvalue weighted by Gasteiger charge is -2.00. The normalized spacial score (nSPS) is 21.9. The molecule has 0 bridgehead atoms. The maximum Gasteiger partial charge on any atom is 0.123 e. The quantitative estimate of drug-likeness (QED) is 0.524. The summed E-state index contributed by atoms with van der Waals surface area (Å²) in [5.41, 5.74) is 1.28. The van der Waals surface area contributed by atoms with E-state index in [9.17, 15) is 0 Å². The second-order valence-electron chi connectivity index (χ2n) is 2.55. The van der Waals surface area contributed by atoms with Gasteiger partial charge in [0.05, 0.1) is 0 Å². The van der Waals surface area contributed by atoms with Crippen LogP contribution in [0.4, 0.5) is 0 Å². The minimum Gasteiger partial charge on any atom is -0.490 e. The van der Waals surface area contributed by atoms with E-state index in [1.165, 1.54) is 5.56 Å². The molecule has 0 aromatic heterocycles. The van der Waals surface area contributed by atoms with Gasteiger partial charge in [0.25, 0.3) is 0 Å². The van der Waals surface area contributed by atoms with Gasteiger partial charge in [-0.15, -0.1) is 0 Å². The van der Waals surface area contributed by atoms with Crippen LogP contribution in [0.2, 0.25) is 0 Å². The van der Waals surface area contributed by atoms with Crippen molar-refractivity contribution in [3.8, 4) is 5.75 Å². The molecule has 0 spiro atoms. The van der Waals surface area contributed by atoms with Gasteiger partial charge in [-0.1, -0.05) is 18.2 Å². The van der Waals surface area contributed by atoms with Crippen molar-refractivity contribution in [3.05, 3.63) is 36.8 Å². The van der Waals surface area contributed by atoms with Crippen LogP contribution in [0, 0.1) is 6.92 Å². The lowest BCUT2D eigenvalue weighted by molar-refractivity contribution is 0.281. The fraction of sp³-hybridized carbons (Fsp3) is 0.222. The zero-order chi connectivity index (χ0) is 6.97. The van der Waals surface area contributed by atoms with Gasteiger partial charge in [0.2, 0.25) is 0 Å². The topological polar surface area (TPSA) is 9.23 Å². The Morgan fingerprint density at radius 2 is 2.20 bits per heavy atom. The number of hydrogen-bond acceptors (Lipinski definition) is 1. The molecule has 0 amide bonds. The Balaban J connectivity index is 2.42. The van der Waals surface area contributed by atoms with Crippen molar-refractivity contribution in [1.29, 1.82) is 0 Å². The van der Waals surface area contributed by atoms with Gasteiger partial charge in [-0.3, -0.25) is 0 Å². The Bertz CT molecular complexity index is 217. The summed E-state index contributed by atoms with van der Waals surface area (Å²) in [4.78, 5) is 0. The first-order valence-electron chi connectivity index (χ1n) is 3.44. The van der Waals surface area contributed by atoms with Gasteiger partial charge in [0.15, 0.2) is 0 Å². The Morgan fingerprint density at radius 3 is 3.00 bits per heavy atom. The minimum absolute atomic E-state index is 0.123. The second-order valence-corrected chi connectivity index (χ2v) is 2.55. The molecule has 0 N–H and O–H groups in total.